The fourth-order valence-electron chi connectivity index (χ4n) is 3.74. The van der Waals surface area contributed by atoms with E-state index >= 15 is 0 Å². The zero-order valence-corrected chi connectivity index (χ0v) is 16.5. The molecule has 0 radical (unpaired) electrons. The normalized spacial score (nSPS) is 20.9. The molecule has 0 saturated carbocycles. The number of carbonyl (C=O) groups is 2. The zero-order valence-electron chi connectivity index (χ0n) is 14.9. The molecule has 8 heteroatoms. The highest BCUT2D eigenvalue weighted by molar-refractivity contribution is 6.42. The van der Waals surface area contributed by atoms with Gasteiger partial charge in [-0.25, -0.2) is 9.29 Å². The Morgan fingerprint density at radius 1 is 0.857 bits per heavy atom. The second-order valence-electron chi connectivity index (χ2n) is 6.89. The van der Waals surface area contributed by atoms with Gasteiger partial charge in [-0.2, -0.15) is 0 Å². The minimum absolute atomic E-state index is 0.148. The van der Waals surface area contributed by atoms with E-state index in [1.54, 1.807) is 24.3 Å². The van der Waals surface area contributed by atoms with E-state index in [1.165, 1.54) is 23.1 Å². The van der Waals surface area contributed by atoms with Crippen molar-refractivity contribution in [1.82, 2.24) is 4.90 Å². The third kappa shape index (κ3) is 3.60. The molecule has 0 N–H and O–H groups in total. The highest BCUT2D eigenvalue weighted by Crippen LogP contribution is 2.31. The second-order valence-corrected chi connectivity index (χ2v) is 7.70. The van der Waals surface area contributed by atoms with Crippen LogP contribution in [-0.2, 0) is 9.59 Å². The summed E-state index contributed by atoms with van der Waals surface area (Å²) >= 11 is 12.0. The van der Waals surface area contributed by atoms with Gasteiger partial charge in [-0.1, -0.05) is 23.2 Å². The van der Waals surface area contributed by atoms with E-state index in [4.69, 9.17) is 23.2 Å². The SMILES string of the molecule is O=C1C[C@@H](N2CCN(c3ccc(F)cc3)CC2)C(=O)N1c1ccc(Cl)c(Cl)c1. The maximum atomic E-state index is 13.1. The van der Waals surface area contributed by atoms with Crippen LogP contribution in [0.2, 0.25) is 10.0 Å². The van der Waals surface area contributed by atoms with Crippen LogP contribution in [0.4, 0.5) is 15.8 Å². The molecule has 0 bridgehead atoms. The molecule has 2 amide bonds. The number of halogens is 3. The fraction of sp³-hybridized carbons (Fsp3) is 0.300. The first kappa shape index (κ1) is 19.2. The highest BCUT2D eigenvalue weighted by Gasteiger charge is 2.43. The van der Waals surface area contributed by atoms with Crippen LogP contribution in [0.3, 0.4) is 0 Å². The summed E-state index contributed by atoms with van der Waals surface area (Å²) in [4.78, 5) is 30.8. The smallest absolute Gasteiger partial charge is 0.251 e. The molecule has 2 aliphatic rings. The Bertz CT molecular complexity index is 914. The molecule has 0 aliphatic carbocycles. The average Bonchev–Trinajstić information content (AvgIpc) is 2.99. The maximum Gasteiger partial charge on any atom is 0.251 e. The topological polar surface area (TPSA) is 43.9 Å². The number of nitrogens with zero attached hydrogens (tertiary/aromatic N) is 3. The monoisotopic (exact) mass is 421 g/mol. The van der Waals surface area contributed by atoms with Gasteiger partial charge >= 0.3 is 0 Å². The lowest BCUT2D eigenvalue weighted by molar-refractivity contribution is -0.123. The number of hydrogen-bond acceptors (Lipinski definition) is 4. The summed E-state index contributed by atoms with van der Waals surface area (Å²) in [6.45, 7) is 2.71. The summed E-state index contributed by atoms with van der Waals surface area (Å²) < 4.78 is 13.1. The standard InChI is InChI=1S/C20H18Cl2FN3O2/c21-16-6-5-15(11-17(16)22)26-19(27)12-18(20(26)28)25-9-7-24(8-10-25)14-3-1-13(23)2-4-14/h1-6,11,18H,7-10,12H2/t18-/m1/s1. The molecule has 2 aromatic carbocycles. The van der Waals surface area contributed by atoms with Gasteiger partial charge in [-0.15, -0.1) is 0 Å². The number of hydrogen-bond donors (Lipinski definition) is 0. The molecular weight excluding hydrogens is 404 g/mol. The minimum atomic E-state index is -0.475. The molecule has 2 aromatic rings. The van der Waals surface area contributed by atoms with Crippen LogP contribution in [0.25, 0.3) is 0 Å². The third-order valence-electron chi connectivity index (χ3n) is 5.23. The lowest BCUT2D eigenvalue weighted by atomic mass is 10.1. The summed E-state index contributed by atoms with van der Waals surface area (Å²) in [5.74, 6) is -0.743. The van der Waals surface area contributed by atoms with Crippen molar-refractivity contribution in [2.75, 3.05) is 36.0 Å². The van der Waals surface area contributed by atoms with Gasteiger partial charge in [0.15, 0.2) is 0 Å². The van der Waals surface area contributed by atoms with E-state index in [0.29, 0.717) is 41.9 Å². The van der Waals surface area contributed by atoms with E-state index in [9.17, 15) is 14.0 Å². The van der Waals surface area contributed by atoms with E-state index in [-0.39, 0.29) is 24.1 Å². The largest absolute Gasteiger partial charge is 0.369 e. The first-order valence-corrected chi connectivity index (χ1v) is 9.76. The molecule has 2 aliphatic heterocycles. The minimum Gasteiger partial charge on any atom is -0.369 e. The lowest BCUT2D eigenvalue weighted by Gasteiger charge is -2.38. The molecule has 4 rings (SSSR count). The molecular formula is C20H18Cl2FN3O2. The van der Waals surface area contributed by atoms with Gasteiger partial charge in [0.2, 0.25) is 5.91 Å². The van der Waals surface area contributed by atoms with Crippen molar-refractivity contribution in [3.05, 3.63) is 58.3 Å². The Balaban J connectivity index is 1.44. The second kappa shape index (κ2) is 7.70. The van der Waals surface area contributed by atoms with Gasteiger partial charge < -0.3 is 4.90 Å². The maximum absolute atomic E-state index is 13.1. The molecule has 28 heavy (non-hydrogen) atoms. The number of carbonyl (C=O) groups excluding carboxylic acids is 2. The van der Waals surface area contributed by atoms with E-state index in [1.807, 2.05) is 4.90 Å². The predicted octanol–water partition coefficient (Wildman–Crippen LogP) is 3.59. The summed E-state index contributed by atoms with van der Waals surface area (Å²) in [5, 5.41) is 0.675. The Morgan fingerprint density at radius 3 is 2.14 bits per heavy atom. The molecule has 2 saturated heterocycles. The van der Waals surface area contributed by atoms with Gasteiger partial charge in [-0.3, -0.25) is 14.5 Å². The summed E-state index contributed by atoms with van der Waals surface area (Å²) in [6.07, 6.45) is 0.148. The van der Waals surface area contributed by atoms with Crippen molar-refractivity contribution in [3.8, 4) is 0 Å². The zero-order chi connectivity index (χ0) is 19.8. The van der Waals surface area contributed by atoms with Gasteiger partial charge in [0, 0.05) is 31.9 Å². The third-order valence-corrected chi connectivity index (χ3v) is 5.97. The van der Waals surface area contributed by atoms with E-state index in [0.717, 1.165) is 5.69 Å². The first-order valence-electron chi connectivity index (χ1n) is 9.00. The quantitative estimate of drug-likeness (QED) is 0.710. The molecule has 0 aromatic heterocycles. The molecule has 5 nitrogen and oxygen atoms in total. The van der Waals surface area contributed by atoms with Crippen molar-refractivity contribution in [1.29, 1.82) is 0 Å². The van der Waals surface area contributed by atoms with E-state index in [2.05, 4.69) is 4.90 Å². The Hall–Kier alpha value is -2.15. The number of anilines is 2. The van der Waals surface area contributed by atoms with Crippen LogP contribution in [0, 0.1) is 5.82 Å². The van der Waals surface area contributed by atoms with Crippen molar-refractivity contribution >= 4 is 46.4 Å². The van der Waals surface area contributed by atoms with Crippen molar-refractivity contribution in [2.45, 2.75) is 12.5 Å². The van der Waals surface area contributed by atoms with Crippen molar-refractivity contribution in [3.63, 3.8) is 0 Å². The fourth-order valence-corrected chi connectivity index (χ4v) is 4.03. The predicted molar refractivity (Wildman–Crippen MR) is 108 cm³/mol. The van der Waals surface area contributed by atoms with Crippen LogP contribution in [0.15, 0.2) is 42.5 Å². The number of piperazine rings is 1. The molecule has 2 heterocycles. The molecule has 2 fully saturated rings. The van der Waals surface area contributed by atoms with E-state index < -0.39 is 6.04 Å². The molecule has 0 spiro atoms. The Labute approximate surface area is 172 Å². The average molecular weight is 422 g/mol. The first-order chi connectivity index (χ1) is 13.4. The van der Waals surface area contributed by atoms with Crippen LogP contribution < -0.4 is 9.80 Å². The summed E-state index contributed by atoms with van der Waals surface area (Å²) in [6, 6.07) is 10.6. The number of rotatable bonds is 3. The molecule has 0 unspecified atom stereocenters. The summed E-state index contributed by atoms with van der Waals surface area (Å²) in [5.41, 5.74) is 1.39. The van der Waals surface area contributed by atoms with Crippen LogP contribution in [-0.4, -0.2) is 48.9 Å². The molecule has 1 atom stereocenters. The Morgan fingerprint density at radius 2 is 1.50 bits per heavy atom. The highest BCUT2D eigenvalue weighted by atomic mass is 35.5. The van der Waals surface area contributed by atoms with Gasteiger partial charge in [0.25, 0.3) is 5.91 Å². The van der Waals surface area contributed by atoms with Crippen molar-refractivity contribution in [2.24, 2.45) is 0 Å². The van der Waals surface area contributed by atoms with Gasteiger partial charge in [-0.05, 0) is 42.5 Å². The van der Waals surface area contributed by atoms with Crippen LogP contribution >= 0.6 is 23.2 Å². The number of imide groups is 1. The molecule has 146 valence electrons. The Kier molecular flexibility index (Phi) is 5.27. The number of benzene rings is 2. The lowest BCUT2D eigenvalue weighted by Crippen LogP contribution is -2.52. The number of amides is 2. The van der Waals surface area contributed by atoms with Crippen molar-refractivity contribution < 1.29 is 14.0 Å². The van der Waals surface area contributed by atoms with Crippen LogP contribution in [0.1, 0.15) is 6.42 Å². The van der Waals surface area contributed by atoms with Gasteiger partial charge in [0.1, 0.15) is 5.82 Å². The van der Waals surface area contributed by atoms with Gasteiger partial charge in [0.05, 0.1) is 28.2 Å². The van der Waals surface area contributed by atoms with Crippen LogP contribution in [0.5, 0.6) is 0 Å². The summed E-state index contributed by atoms with van der Waals surface area (Å²) in [7, 11) is 0.